The number of nitrogens with two attached hydrogens (primary N) is 1. The summed E-state index contributed by atoms with van der Waals surface area (Å²) in [6.45, 7) is 0.357. The second kappa shape index (κ2) is 5.67. The fourth-order valence-electron chi connectivity index (χ4n) is 3.06. The summed E-state index contributed by atoms with van der Waals surface area (Å²) < 4.78 is 20.0. The number of halogens is 2. The summed E-state index contributed by atoms with van der Waals surface area (Å²) in [6.07, 6.45) is 4.84. The molecule has 0 radical (unpaired) electrons. The van der Waals surface area contributed by atoms with Crippen molar-refractivity contribution < 1.29 is 14.2 Å². The van der Waals surface area contributed by atoms with Crippen molar-refractivity contribution in [1.29, 1.82) is 0 Å². The number of hydrogen-bond donors (Lipinski definition) is 2. The molecule has 3 nitrogen and oxygen atoms in total. The molecule has 1 aromatic rings. The number of phenols is 1. The minimum atomic E-state index is -0.436. The van der Waals surface area contributed by atoms with E-state index in [4.69, 9.17) is 10.5 Å². The molecule has 0 aliphatic heterocycles. The van der Waals surface area contributed by atoms with Gasteiger partial charge >= 0.3 is 0 Å². The SMILES string of the molecule is COc1c(O)cc(Br)c(F)c1C1(CN)CCCCC1. The molecule has 0 saturated heterocycles. The highest BCUT2D eigenvalue weighted by atomic mass is 79.9. The summed E-state index contributed by atoms with van der Waals surface area (Å²) >= 11 is 3.15. The van der Waals surface area contributed by atoms with Crippen molar-refractivity contribution in [2.45, 2.75) is 37.5 Å². The number of methoxy groups -OCH3 is 1. The van der Waals surface area contributed by atoms with Crippen LogP contribution in [0.25, 0.3) is 0 Å². The number of ether oxygens (including phenoxy) is 1. The van der Waals surface area contributed by atoms with Crippen molar-refractivity contribution in [3.63, 3.8) is 0 Å². The predicted octanol–water partition coefficient (Wildman–Crippen LogP) is 3.46. The van der Waals surface area contributed by atoms with E-state index >= 15 is 0 Å². The van der Waals surface area contributed by atoms with Gasteiger partial charge in [-0.05, 0) is 28.8 Å². The highest BCUT2D eigenvalue weighted by molar-refractivity contribution is 9.10. The highest BCUT2D eigenvalue weighted by Gasteiger charge is 2.39. The zero-order valence-corrected chi connectivity index (χ0v) is 12.6. The standard InChI is InChI=1S/C14H19BrFNO2/c1-19-13-10(18)7-9(15)12(16)11(13)14(8-17)5-3-2-4-6-14/h7,18H,2-6,8,17H2,1H3. The molecule has 1 aliphatic rings. The zero-order chi connectivity index (χ0) is 14.0. The minimum absolute atomic E-state index is 0.0517. The zero-order valence-electron chi connectivity index (χ0n) is 11.0. The predicted molar refractivity (Wildman–Crippen MR) is 76.1 cm³/mol. The number of benzene rings is 1. The van der Waals surface area contributed by atoms with E-state index in [0.717, 1.165) is 32.1 Å². The van der Waals surface area contributed by atoms with Gasteiger partial charge in [0, 0.05) is 23.6 Å². The third kappa shape index (κ3) is 2.46. The van der Waals surface area contributed by atoms with Gasteiger partial charge in [-0.15, -0.1) is 0 Å². The van der Waals surface area contributed by atoms with E-state index in [1.807, 2.05) is 0 Å². The van der Waals surface area contributed by atoms with Gasteiger partial charge in [-0.2, -0.15) is 0 Å². The smallest absolute Gasteiger partial charge is 0.167 e. The molecule has 0 aromatic heterocycles. The van der Waals surface area contributed by atoms with Gasteiger partial charge in [0.2, 0.25) is 0 Å². The molecule has 0 unspecified atom stereocenters. The molecule has 0 amide bonds. The molecule has 0 spiro atoms. The van der Waals surface area contributed by atoms with E-state index in [1.165, 1.54) is 13.2 Å². The van der Waals surface area contributed by atoms with Gasteiger partial charge in [0.25, 0.3) is 0 Å². The van der Waals surface area contributed by atoms with Gasteiger partial charge in [-0.1, -0.05) is 19.3 Å². The van der Waals surface area contributed by atoms with Crippen LogP contribution in [0.4, 0.5) is 4.39 Å². The number of rotatable bonds is 3. The third-order valence-electron chi connectivity index (χ3n) is 4.09. The van der Waals surface area contributed by atoms with Crippen molar-refractivity contribution in [3.05, 3.63) is 21.9 Å². The van der Waals surface area contributed by atoms with Gasteiger partial charge in [0.1, 0.15) is 5.82 Å². The second-order valence-corrected chi connectivity index (χ2v) is 6.00. The first-order chi connectivity index (χ1) is 9.05. The number of hydrogen-bond acceptors (Lipinski definition) is 3. The lowest BCUT2D eigenvalue weighted by Gasteiger charge is -2.38. The molecular formula is C14H19BrFNO2. The van der Waals surface area contributed by atoms with E-state index in [0.29, 0.717) is 12.1 Å². The fraction of sp³-hybridized carbons (Fsp3) is 0.571. The molecule has 106 valence electrons. The Bertz CT molecular complexity index is 473. The largest absolute Gasteiger partial charge is 0.504 e. The maximum atomic E-state index is 14.6. The van der Waals surface area contributed by atoms with E-state index in [-0.39, 0.29) is 21.8 Å². The molecule has 1 fully saturated rings. The van der Waals surface area contributed by atoms with Crippen LogP contribution in [0, 0.1) is 5.82 Å². The molecule has 3 N–H and O–H groups in total. The summed E-state index contributed by atoms with van der Waals surface area (Å²) in [5.41, 5.74) is 5.93. The average molecular weight is 332 g/mol. The van der Waals surface area contributed by atoms with Crippen molar-refractivity contribution in [3.8, 4) is 11.5 Å². The summed E-state index contributed by atoms with van der Waals surface area (Å²) in [5, 5.41) is 9.97. The molecule has 19 heavy (non-hydrogen) atoms. The maximum absolute atomic E-state index is 14.6. The van der Waals surface area contributed by atoms with E-state index in [1.54, 1.807) is 0 Å². The van der Waals surface area contributed by atoms with Gasteiger partial charge in [-0.3, -0.25) is 0 Å². The van der Waals surface area contributed by atoms with E-state index in [2.05, 4.69) is 15.9 Å². The first kappa shape index (κ1) is 14.6. The molecule has 0 heterocycles. The summed E-state index contributed by atoms with van der Waals surface area (Å²) in [5.74, 6) is -0.209. The van der Waals surface area contributed by atoms with Crippen LogP contribution in [0.1, 0.15) is 37.7 Å². The highest BCUT2D eigenvalue weighted by Crippen LogP contribution is 2.48. The molecule has 5 heteroatoms. The Balaban J connectivity index is 2.64. The summed E-state index contributed by atoms with van der Waals surface area (Å²) in [4.78, 5) is 0. The Morgan fingerprint density at radius 1 is 1.42 bits per heavy atom. The van der Waals surface area contributed by atoms with Gasteiger partial charge in [0.15, 0.2) is 11.5 Å². The maximum Gasteiger partial charge on any atom is 0.167 e. The molecule has 1 saturated carbocycles. The van der Waals surface area contributed by atoms with E-state index in [9.17, 15) is 9.50 Å². The van der Waals surface area contributed by atoms with Crippen LogP contribution in [0.3, 0.4) is 0 Å². The Kier molecular flexibility index (Phi) is 4.36. The Morgan fingerprint density at radius 2 is 2.05 bits per heavy atom. The van der Waals surface area contributed by atoms with Crippen LogP contribution in [0.5, 0.6) is 11.5 Å². The Hall–Kier alpha value is -0.810. The first-order valence-electron chi connectivity index (χ1n) is 6.51. The molecule has 2 rings (SSSR count). The van der Waals surface area contributed by atoms with Crippen LogP contribution in [-0.4, -0.2) is 18.8 Å². The lowest BCUT2D eigenvalue weighted by molar-refractivity contribution is 0.272. The van der Waals surface area contributed by atoms with Crippen LogP contribution in [-0.2, 0) is 5.41 Å². The van der Waals surface area contributed by atoms with Crippen LogP contribution in [0.2, 0.25) is 0 Å². The number of phenolic OH excluding ortho intramolecular Hbond substituents is 1. The first-order valence-corrected chi connectivity index (χ1v) is 7.30. The van der Waals surface area contributed by atoms with Crippen LogP contribution >= 0.6 is 15.9 Å². The quantitative estimate of drug-likeness (QED) is 0.891. The Morgan fingerprint density at radius 3 is 2.58 bits per heavy atom. The topological polar surface area (TPSA) is 55.5 Å². The molecule has 1 aromatic carbocycles. The number of aromatic hydroxyl groups is 1. The monoisotopic (exact) mass is 331 g/mol. The van der Waals surface area contributed by atoms with Crippen molar-refractivity contribution in [2.75, 3.05) is 13.7 Å². The van der Waals surface area contributed by atoms with Crippen molar-refractivity contribution in [2.24, 2.45) is 5.73 Å². The molecule has 1 aliphatic carbocycles. The van der Waals surface area contributed by atoms with E-state index < -0.39 is 5.41 Å². The third-order valence-corrected chi connectivity index (χ3v) is 4.67. The summed E-state index contributed by atoms with van der Waals surface area (Å²) in [6, 6.07) is 1.32. The lowest BCUT2D eigenvalue weighted by atomic mass is 9.69. The molecule has 0 bridgehead atoms. The fourth-order valence-corrected chi connectivity index (χ4v) is 3.48. The van der Waals surface area contributed by atoms with Crippen molar-refractivity contribution >= 4 is 15.9 Å². The summed E-state index contributed by atoms with van der Waals surface area (Å²) in [7, 11) is 1.44. The second-order valence-electron chi connectivity index (χ2n) is 5.14. The van der Waals surface area contributed by atoms with Gasteiger partial charge < -0.3 is 15.6 Å². The Labute approximate surface area is 121 Å². The molecular weight excluding hydrogens is 313 g/mol. The van der Waals surface area contributed by atoms with Crippen LogP contribution in [0.15, 0.2) is 10.5 Å². The molecule has 0 atom stereocenters. The van der Waals surface area contributed by atoms with Gasteiger partial charge in [0.05, 0.1) is 11.6 Å². The average Bonchev–Trinajstić information content (AvgIpc) is 2.43. The van der Waals surface area contributed by atoms with Crippen molar-refractivity contribution in [1.82, 2.24) is 0 Å². The van der Waals surface area contributed by atoms with Crippen LogP contribution < -0.4 is 10.5 Å². The van der Waals surface area contributed by atoms with Gasteiger partial charge in [-0.25, -0.2) is 4.39 Å². The normalized spacial score (nSPS) is 18.3. The lowest BCUT2D eigenvalue weighted by Crippen LogP contribution is -2.38. The minimum Gasteiger partial charge on any atom is -0.504 e.